The SMILES string of the molecule is CC(C)(CON)c1cccnc1F. The Labute approximate surface area is 76.7 Å². The molecule has 1 heterocycles. The van der Waals surface area contributed by atoms with Gasteiger partial charge >= 0.3 is 0 Å². The highest BCUT2D eigenvalue weighted by Gasteiger charge is 2.24. The molecule has 2 N–H and O–H groups in total. The molecule has 0 atom stereocenters. The minimum absolute atomic E-state index is 0.260. The first-order valence-electron chi connectivity index (χ1n) is 4.00. The molecule has 0 saturated heterocycles. The average molecular weight is 184 g/mol. The van der Waals surface area contributed by atoms with Crippen LogP contribution in [0, 0.1) is 5.95 Å². The first-order chi connectivity index (χ1) is 6.08. The smallest absolute Gasteiger partial charge is 0.216 e. The molecule has 0 spiro atoms. The second kappa shape index (κ2) is 3.81. The van der Waals surface area contributed by atoms with Crippen molar-refractivity contribution in [2.45, 2.75) is 19.3 Å². The second-order valence-corrected chi connectivity index (χ2v) is 3.54. The van der Waals surface area contributed by atoms with Crippen LogP contribution < -0.4 is 5.90 Å². The van der Waals surface area contributed by atoms with Crippen molar-refractivity contribution < 1.29 is 9.23 Å². The van der Waals surface area contributed by atoms with E-state index in [0.717, 1.165) is 0 Å². The molecule has 1 rings (SSSR count). The van der Waals surface area contributed by atoms with E-state index >= 15 is 0 Å². The van der Waals surface area contributed by atoms with Gasteiger partial charge in [0.1, 0.15) is 0 Å². The lowest BCUT2D eigenvalue weighted by Crippen LogP contribution is -2.27. The quantitative estimate of drug-likeness (QED) is 0.570. The summed E-state index contributed by atoms with van der Waals surface area (Å²) in [6.45, 7) is 3.95. The minimum Gasteiger partial charge on any atom is -0.304 e. The summed E-state index contributed by atoms with van der Waals surface area (Å²) in [5.41, 5.74) is 0.0630. The topological polar surface area (TPSA) is 48.1 Å². The third kappa shape index (κ3) is 2.23. The number of halogens is 1. The molecule has 0 aromatic carbocycles. The lowest BCUT2D eigenvalue weighted by molar-refractivity contribution is 0.0947. The highest BCUT2D eigenvalue weighted by molar-refractivity contribution is 5.21. The van der Waals surface area contributed by atoms with Crippen molar-refractivity contribution >= 4 is 0 Å². The van der Waals surface area contributed by atoms with Crippen LogP contribution in [-0.4, -0.2) is 11.6 Å². The number of nitrogens with zero attached hydrogens (tertiary/aromatic N) is 1. The summed E-state index contributed by atoms with van der Waals surface area (Å²) >= 11 is 0. The molecule has 0 radical (unpaired) electrons. The fourth-order valence-corrected chi connectivity index (χ4v) is 1.18. The van der Waals surface area contributed by atoms with Gasteiger partial charge in [-0.05, 0) is 6.07 Å². The highest BCUT2D eigenvalue weighted by Crippen LogP contribution is 2.24. The summed E-state index contributed by atoms with van der Waals surface area (Å²) in [5.74, 6) is 4.49. The predicted octanol–water partition coefficient (Wildman–Crippen LogP) is 1.39. The lowest BCUT2D eigenvalue weighted by Gasteiger charge is -2.23. The number of rotatable bonds is 3. The van der Waals surface area contributed by atoms with E-state index in [0.29, 0.717) is 5.56 Å². The zero-order valence-corrected chi connectivity index (χ0v) is 7.75. The van der Waals surface area contributed by atoms with Crippen molar-refractivity contribution in [1.29, 1.82) is 0 Å². The monoisotopic (exact) mass is 184 g/mol. The van der Waals surface area contributed by atoms with Crippen LogP contribution in [0.5, 0.6) is 0 Å². The third-order valence-electron chi connectivity index (χ3n) is 1.93. The van der Waals surface area contributed by atoms with Gasteiger partial charge in [-0.2, -0.15) is 4.39 Å². The Bertz CT molecular complexity index is 289. The van der Waals surface area contributed by atoms with E-state index in [-0.39, 0.29) is 6.61 Å². The fourth-order valence-electron chi connectivity index (χ4n) is 1.18. The van der Waals surface area contributed by atoms with Gasteiger partial charge in [-0.1, -0.05) is 19.9 Å². The molecule has 0 saturated carbocycles. The molecule has 1 aromatic heterocycles. The third-order valence-corrected chi connectivity index (χ3v) is 1.93. The molecule has 0 fully saturated rings. The predicted molar refractivity (Wildman–Crippen MR) is 47.4 cm³/mol. The van der Waals surface area contributed by atoms with Crippen LogP contribution in [0.25, 0.3) is 0 Å². The molecule has 0 unspecified atom stereocenters. The minimum atomic E-state index is -0.468. The van der Waals surface area contributed by atoms with Gasteiger partial charge in [0, 0.05) is 17.2 Å². The van der Waals surface area contributed by atoms with Crippen molar-refractivity contribution in [3.8, 4) is 0 Å². The molecule has 0 aliphatic carbocycles. The van der Waals surface area contributed by atoms with Crippen LogP contribution in [0.3, 0.4) is 0 Å². The van der Waals surface area contributed by atoms with Gasteiger partial charge < -0.3 is 4.84 Å². The van der Waals surface area contributed by atoms with Crippen molar-refractivity contribution in [2.24, 2.45) is 5.90 Å². The van der Waals surface area contributed by atoms with Crippen LogP contribution in [0.4, 0.5) is 4.39 Å². The normalized spacial score (nSPS) is 11.7. The Balaban J connectivity index is 2.99. The van der Waals surface area contributed by atoms with Crippen molar-refractivity contribution in [3.05, 3.63) is 29.8 Å². The summed E-state index contributed by atoms with van der Waals surface area (Å²) in [6.07, 6.45) is 1.41. The van der Waals surface area contributed by atoms with Gasteiger partial charge in [0.15, 0.2) is 0 Å². The average Bonchev–Trinajstić information content (AvgIpc) is 2.04. The van der Waals surface area contributed by atoms with E-state index in [1.807, 2.05) is 13.8 Å². The van der Waals surface area contributed by atoms with E-state index in [1.165, 1.54) is 6.20 Å². The van der Waals surface area contributed by atoms with Crippen molar-refractivity contribution in [2.75, 3.05) is 6.61 Å². The summed E-state index contributed by atoms with van der Waals surface area (Å²) < 4.78 is 13.2. The number of hydrogen-bond donors (Lipinski definition) is 1. The fraction of sp³-hybridized carbons (Fsp3) is 0.444. The molecule has 0 aliphatic rings. The Hall–Kier alpha value is -1.00. The number of nitrogens with two attached hydrogens (primary N) is 1. The maximum atomic E-state index is 13.2. The van der Waals surface area contributed by atoms with E-state index in [4.69, 9.17) is 5.90 Å². The Morgan fingerprint density at radius 3 is 2.85 bits per heavy atom. The summed E-state index contributed by atoms with van der Waals surface area (Å²) in [5, 5.41) is 0. The molecular formula is C9H13FN2O. The van der Waals surface area contributed by atoms with E-state index < -0.39 is 11.4 Å². The zero-order valence-electron chi connectivity index (χ0n) is 7.75. The van der Waals surface area contributed by atoms with E-state index in [1.54, 1.807) is 12.1 Å². The Morgan fingerprint density at radius 2 is 2.31 bits per heavy atom. The van der Waals surface area contributed by atoms with Crippen LogP contribution in [-0.2, 0) is 10.3 Å². The molecule has 13 heavy (non-hydrogen) atoms. The van der Waals surface area contributed by atoms with Crippen LogP contribution in [0.1, 0.15) is 19.4 Å². The first kappa shape index (κ1) is 10.1. The Kier molecular flexibility index (Phi) is 2.95. The number of hydrogen-bond acceptors (Lipinski definition) is 3. The van der Waals surface area contributed by atoms with E-state index in [2.05, 4.69) is 9.82 Å². The van der Waals surface area contributed by atoms with Gasteiger partial charge in [-0.3, -0.25) is 0 Å². The van der Waals surface area contributed by atoms with Gasteiger partial charge in [0.25, 0.3) is 0 Å². The molecule has 0 aliphatic heterocycles. The van der Waals surface area contributed by atoms with Crippen LogP contribution >= 0.6 is 0 Å². The molecule has 4 heteroatoms. The van der Waals surface area contributed by atoms with Gasteiger partial charge in [0.05, 0.1) is 6.61 Å². The number of aromatic nitrogens is 1. The second-order valence-electron chi connectivity index (χ2n) is 3.54. The van der Waals surface area contributed by atoms with Gasteiger partial charge in [-0.25, -0.2) is 10.9 Å². The van der Waals surface area contributed by atoms with Gasteiger partial charge in [-0.15, -0.1) is 0 Å². The Morgan fingerprint density at radius 1 is 1.62 bits per heavy atom. The summed E-state index contributed by atoms with van der Waals surface area (Å²) in [7, 11) is 0. The zero-order chi connectivity index (χ0) is 9.90. The van der Waals surface area contributed by atoms with Crippen molar-refractivity contribution in [3.63, 3.8) is 0 Å². The van der Waals surface area contributed by atoms with Crippen molar-refractivity contribution in [1.82, 2.24) is 4.98 Å². The van der Waals surface area contributed by atoms with Crippen LogP contribution in [0.15, 0.2) is 18.3 Å². The molecule has 72 valence electrons. The number of pyridine rings is 1. The molecule has 0 bridgehead atoms. The summed E-state index contributed by atoms with van der Waals surface area (Å²) in [4.78, 5) is 8.09. The van der Waals surface area contributed by atoms with Gasteiger partial charge in [0.2, 0.25) is 5.95 Å². The maximum Gasteiger partial charge on any atom is 0.216 e. The first-order valence-corrected chi connectivity index (χ1v) is 4.00. The molecule has 1 aromatic rings. The maximum absolute atomic E-state index is 13.2. The molecule has 0 amide bonds. The van der Waals surface area contributed by atoms with Crippen LogP contribution in [0.2, 0.25) is 0 Å². The molecular weight excluding hydrogens is 171 g/mol. The van der Waals surface area contributed by atoms with E-state index in [9.17, 15) is 4.39 Å². The largest absolute Gasteiger partial charge is 0.304 e. The highest BCUT2D eigenvalue weighted by atomic mass is 19.1. The lowest BCUT2D eigenvalue weighted by atomic mass is 9.86. The molecule has 3 nitrogen and oxygen atoms in total. The standard InChI is InChI=1S/C9H13FN2O/c1-9(2,6-13-11)7-4-3-5-12-8(7)10/h3-5H,6,11H2,1-2H3. The summed E-state index contributed by atoms with van der Waals surface area (Å²) in [6, 6.07) is 3.37.